The maximum absolute atomic E-state index is 12.9. The number of thioether (sulfide) groups is 1. The van der Waals surface area contributed by atoms with Gasteiger partial charge in [0.2, 0.25) is 11.8 Å². The van der Waals surface area contributed by atoms with Crippen molar-refractivity contribution in [3.63, 3.8) is 0 Å². The lowest BCUT2D eigenvalue weighted by Gasteiger charge is -2.28. The van der Waals surface area contributed by atoms with Gasteiger partial charge in [-0.25, -0.2) is 4.79 Å². The van der Waals surface area contributed by atoms with Crippen molar-refractivity contribution in [1.29, 1.82) is 0 Å². The van der Waals surface area contributed by atoms with Crippen molar-refractivity contribution in [3.05, 3.63) is 81.4 Å². The summed E-state index contributed by atoms with van der Waals surface area (Å²) in [6, 6.07) is 11.9. The summed E-state index contributed by atoms with van der Waals surface area (Å²) in [7, 11) is 1.72. The summed E-state index contributed by atoms with van der Waals surface area (Å²) in [4.78, 5) is 42.3. The first-order valence-electron chi connectivity index (χ1n) is 12.6. The van der Waals surface area contributed by atoms with Crippen LogP contribution in [0.3, 0.4) is 0 Å². The van der Waals surface area contributed by atoms with Gasteiger partial charge in [0.05, 0.1) is 11.4 Å². The van der Waals surface area contributed by atoms with Crippen LogP contribution in [0.25, 0.3) is 11.3 Å². The second-order valence-corrected chi connectivity index (χ2v) is 11.8. The molecule has 0 saturated carbocycles. The van der Waals surface area contributed by atoms with Gasteiger partial charge in [0, 0.05) is 30.7 Å². The van der Waals surface area contributed by atoms with Gasteiger partial charge < -0.3 is 9.64 Å². The molecule has 1 aliphatic carbocycles. The Bertz CT molecular complexity index is 1400. The molecule has 0 spiro atoms. The van der Waals surface area contributed by atoms with Crippen LogP contribution in [-0.4, -0.2) is 69.4 Å². The number of amides is 3. The van der Waals surface area contributed by atoms with Crippen LogP contribution in [0.5, 0.6) is 0 Å². The van der Waals surface area contributed by atoms with Crippen molar-refractivity contribution in [2.45, 2.75) is 26.4 Å². The van der Waals surface area contributed by atoms with Gasteiger partial charge >= 0.3 is 6.09 Å². The van der Waals surface area contributed by atoms with Crippen molar-refractivity contribution < 1.29 is 19.1 Å². The van der Waals surface area contributed by atoms with Gasteiger partial charge in [0.1, 0.15) is 17.5 Å². The number of ether oxygens (including phenoxy) is 1. The summed E-state index contributed by atoms with van der Waals surface area (Å²) in [6.45, 7) is 3.14. The van der Waals surface area contributed by atoms with Crippen molar-refractivity contribution in [1.82, 2.24) is 14.7 Å². The number of nitrogens with zero attached hydrogens (tertiary/aromatic N) is 3. The predicted molar refractivity (Wildman–Crippen MR) is 158 cm³/mol. The number of carbonyl (C=O) groups is 3. The lowest BCUT2D eigenvalue weighted by atomic mass is 9.95. The highest BCUT2D eigenvalue weighted by atomic mass is 35.5. The van der Waals surface area contributed by atoms with Crippen LogP contribution < -0.4 is 0 Å². The van der Waals surface area contributed by atoms with E-state index < -0.39 is 6.09 Å². The highest BCUT2D eigenvalue weighted by Crippen LogP contribution is 2.34. The molecule has 5 rings (SSSR count). The molecule has 1 saturated heterocycles. The van der Waals surface area contributed by atoms with Crippen LogP contribution in [0.2, 0.25) is 5.02 Å². The second-order valence-electron chi connectivity index (χ2n) is 9.77. The monoisotopic (exact) mass is 581 g/mol. The van der Waals surface area contributed by atoms with Crippen LogP contribution in [0, 0.1) is 6.92 Å². The van der Waals surface area contributed by atoms with E-state index >= 15 is 0 Å². The average molecular weight is 582 g/mol. The number of fused-ring (bicyclic) bond motifs is 1. The van der Waals surface area contributed by atoms with Gasteiger partial charge in [-0.15, -0.1) is 0 Å². The Morgan fingerprint density at radius 1 is 1.18 bits per heavy atom. The minimum Gasteiger partial charge on any atom is -0.444 e. The Morgan fingerprint density at radius 2 is 2.00 bits per heavy atom. The summed E-state index contributed by atoms with van der Waals surface area (Å²) in [5, 5.41) is 0.615. The molecule has 0 bridgehead atoms. The van der Waals surface area contributed by atoms with Crippen LogP contribution in [0.15, 0.2) is 48.6 Å². The molecule has 2 aliphatic heterocycles. The van der Waals surface area contributed by atoms with Gasteiger partial charge in [-0.3, -0.25) is 19.4 Å². The van der Waals surface area contributed by atoms with Crippen LogP contribution in [0.4, 0.5) is 4.79 Å². The molecule has 39 heavy (non-hydrogen) atoms. The SMILES string of the molecule is Cc1cc(Cl)cc(COC(=O)N(C)C2=CCc3ccc(C4=CCN(C(=O)CN5C(=O)CSC5=S)CC4)cc32)c1. The maximum Gasteiger partial charge on any atom is 0.414 e. The fourth-order valence-corrected chi connectivity index (χ4v) is 6.37. The number of rotatable bonds is 6. The van der Waals surface area contributed by atoms with Crippen molar-refractivity contribution in [2.75, 3.05) is 32.4 Å². The third kappa shape index (κ3) is 6.05. The fourth-order valence-electron chi connectivity index (χ4n) is 4.99. The van der Waals surface area contributed by atoms with Gasteiger partial charge in [-0.2, -0.15) is 0 Å². The zero-order chi connectivity index (χ0) is 27.7. The maximum atomic E-state index is 12.9. The Labute approximate surface area is 242 Å². The van der Waals surface area contributed by atoms with Gasteiger partial charge in [0.25, 0.3) is 0 Å². The van der Waals surface area contributed by atoms with Gasteiger partial charge in [-0.05, 0) is 65.8 Å². The molecule has 2 aromatic rings. The normalized spacial score (nSPS) is 16.7. The number of hydrogen-bond acceptors (Lipinski definition) is 6. The molecule has 0 N–H and O–H groups in total. The summed E-state index contributed by atoms with van der Waals surface area (Å²) >= 11 is 12.6. The lowest BCUT2D eigenvalue weighted by Crippen LogP contribution is -2.43. The molecule has 1 fully saturated rings. The van der Waals surface area contributed by atoms with Crippen LogP contribution in [-0.2, 0) is 27.4 Å². The Balaban J connectivity index is 1.22. The first kappa shape index (κ1) is 27.4. The molecule has 3 aliphatic rings. The van der Waals surface area contributed by atoms with Crippen LogP contribution in [0.1, 0.15) is 34.2 Å². The molecular weight excluding hydrogens is 554 g/mol. The molecule has 2 heterocycles. The van der Waals surface area contributed by atoms with E-state index in [4.69, 9.17) is 28.6 Å². The van der Waals surface area contributed by atoms with E-state index in [-0.39, 0.29) is 25.0 Å². The highest BCUT2D eigenvalue weighted by molar-refractivity contribution is 8.23. The molecule has 0 unspecified atom stereocenters. The second kappa shape index (κ2) is 11.5. The Morgan fingerprint density at radius 3 is 2.69 bits per heavy atom. The first-order chi connectivity index (χ1) is 18.7. The number of allylic oxidation sites excluding steroid dienone is 1. The van der Waals surface area contributed by atoms with E-state index in [2.05, 4.69) is 24.3 Å². The molecule has 10 heteroatoms. The molecule has 2 aromatic carbocycles. The van der Waals surface area contributed by atoms with Gasteiger partial charge in [0.15, 0.2) is 0 Å². The number of halogens is 1. The largest absolute Gasteiger partial charge is 0.444 e. The van der Waals surface area contributed by atoms with Gasteiger partial charge in [-0.1, -0.05) is 65.9 Å². The van der Waals surface area contributed by atoms with Crippen molar-refractivity contribution in [2.24, 2.45) is 0 Å². The van der Waals surface area contributed by atoms with Crippen LogP contribution >= 0.6 is 35.6 Å². The summed E-state index contributed by atoms with van der Waals surface area (Å²) in [6.07, 6.45) is 5.11. The summed E-state index contributed by atoms with van der Waals surface area (Å²) in [5.41, 5.74) is 7.04. The number of thiocarbonyl (C=S) groups is 1. The third-order valence-electron chi connectivity index (χ3n) is 7.07. The molecule has 7 nitrogen and oxygen atoms in total. The van der Waals surface area contributed by atoms with E-state index in [1.165, 1.54) is 16.7 Å². The number of aryl methyl sites for hydroxylation is 1. The standard InChI is InChI=1S/C29H28ClN3O4S2/c1-18-11-19(13-23(30)12-18)16-37-28(36)31(2)25-6-5-21-3-4-22(14-24(21)25)20-7-9-32(10-8-20)26(34)15-33-27(35)17-39-29(33)38/h3-4,6-7,11-14H,5,8-10,15-17H2,1-2H3. The predicted octanol–water partition coefficient (Wildman–Crippen LogP) is 5.29. The molecule has 0 atom stereocenters. The zero-order valence-electron chi connectivity index (χ0n) is 21.7. The summed E-state index contributed by atoms with van der Waals surface area (Å²) in [5.74, 6) is 0.0946. The van der Waals surface area contributed by atoms with Crippen molar-refractivity contribution in [3.8, 4) is 0 Å². The third-order valence-corrected chi connectivity index (χ3v) is 8.72. The first-order valence-corrected chi connectivity index (χ1v) is 14.4. The fraction of sp³-hybridized carbons (Fsp3) is 0.310. The van der Waals surface area contributed by atoms with E-state index in [0.717, 1.165) is 45.5 Å². The van der Waals surface area contributed by atoms with Crippen molar-refractivity contribution >= 4 is 69.1 Å². The molecule has 0 radical (unpaired) electrons. The molecule has 0 aromatic heterocycles. The smallest absolute Gasteiger partial charge is 0.414 e. The molecular formula is C29H28ClN3O4S2. The minimum atomic E-state index is -0.433. The number of benzene rings is 2. The highest BCUT2D eigenvalue weighted by Gasteiger charge is 2.30. The topological polar surface area (TPSA) is 70.2 Å². The number of hydrogen-bond donors (Lipinski definition) is 0. The summed E-state index contributed by atoms with van der Waals surface area (Å²) < 4.78 is 6.04. The lowest BCUT2D eigenvalue weighted by molar-refractivity contribution is -0.135. The Kier molecular flexibility index (Phi) is 8.11. The van der Waals surface area contributed by atoms with E-state index in [0.29, 0.717) is 34.6 Å². The Hall–Kier alpha value is -3.14. The van der Waals surface area contributed by atoms with E-state index in [9.17, 15) is 14.4 Å². The zero-order valence-corrected chi connectivity index (χ0v) is 24.1. The van der Waals surface area contributed by atoms with E-state index in [1.54, 1.807) is 22.9 Å². The molecule has 3 amide bonds. The number of carbonyl (C=O) groups excluding carboxylic acids is 3. The average Bonchev–Trinajstić information content (AvgIpc) is 3.48. The molecule has 202 valence electrons. The van der Waals surface area contributed by atoms with E-state index in [1.807, 2.05) is 25.1 Å². The minimum absolute atomic E-state index is 0.000191. The quantitative estimate of drug-likeness (QED) is 0.432.